The van der Waals surface area contributed by atoms with Crippen LogP contribution in [0.4, 0.5) is 5.69 Å². The number of Topliss-reactive ketones (excluding diaryl/α,β-unsaturated/α-hetero) is 1. The van der Waals surface area contributed by atoms with E-state index < -0.39 is 23.5 Å². The summed E-state index contributed by atoms with van der Waals surface area (Å²) in [5.74, 6) is -1.78. The highest BCUT2D eigenvalue weighted by atomic mass is 35.5. The number of hydrogen-bond donors (Lipinski definition) is 2. The van der Waals surface area contributed by atoms with Crippen LogP contribution in [0.5, 0.6) is 0 Å². The minimum absolute atomic E-state index is 0.0345. The van der Waals surface area contributed by atoms with Gasteiger partial charge in [-0.3, -0.25) is 14.5 Å². The van der Waals surface area contributed by atoms with E-state index in [1.165, 1.54) is 17.2 Å². The molecule has 31 heavy (non-hydrogen) atoms. The first kappa shape index (κ1) is 19.2. The number of furan rings is 1. The van der Waals surface area contributed by atoms with Crippen LogP contribution in [-0.4, -0.2) is 21.8 Å². The number of aromatic nitrogens is 1. The van der Waals surface area contributed by atoms with E-state index >= 15 is 0 Å². The average molecular weight is 433 g/mol. The number of fused-ring (bicyclic) bond motifs is 1. The van der Waals surface area contributed by atoms with E-state index in [2.05, 4.69) is 4.98 Å². The second kappa shape index (κ2) is 7.18. The van der Waals surface area contributed by atoms with Crippen molar-refractivity contribution in [2.45, 2.75) is 13.0 Å². The summed E-state index contributed by atoms with van der Waals surface area (Å²) in [6, 6.07) is 16.6. The van der Waals surface area contributed by atoms with Crippen LogP contribution in [0.15, 0.2) is 82.7 Å². The summed E-state index contributed by atoms with van der Waals surface area (Å²) in [7, 11) is 0. The van der Waals surface area contributed by atoms with Crippen molar-refractivity contribution < 1.29 is 19.1 Å². The molecule has 5 rings (SSSR count). The lowest BCUT2D eigenvalue weighted by molar-refractivity contribution is -0.117. The minimum atomic E-state index is -0.861. The van der Waals surface area contributed by atoms with Gasteiger partial charge in [-0.2, -0.15) is 0 Å². The highest BCUT2D eigenvalue weighted by Crippen LogP contribution is 2.45. The Morgan fingerprint density at radius 2 is 1.94 bits per heavy atom. The molecular formula is C24H17ClN2O4. The van der Waals surface area contributed by atoms with Crippen LogP contribution in [0.3, 0.4) is 0 Å². The van der Waals surface area contributed by atoms with E-state index in [0.717, 1.165) is 22.2 Å². The number of nitrogens with zero attached hydrogens (tertiary/aromatic N) is 1. The molecule has 0 aliphatic carbocycles. The molecular weight excluding hydrogens is 416 g/mol. The molecule has 2 N–H and O–H groups in total. The zero-order chi connectivity index (χ0) is 21.7. The monoisotopic (exact) mass is 432 g/mol. The van der Waals surface area contributed by atoms with Crippen LogP contribution >= 0.6 is 11.6 Å². The largest absolute Gasteiger partial charge is 0.503 e. The Hall–Kier alpha value is -3.77. The lowest BCUT2D eigenvalue weighted by atomic mass is 9.92. The molecule has 0 saturated carbocycles. The molecule has 0 fully saturated rings. The summed E-state index contributed by atoms with van der Waals surface area (Å²) in [6.07, 6.45) is 1.38. The van der Waals surface area contributed by atoms with E-state index in [1.54, 1.807) is 30.3 Å². The van der Waals surface area contributed by atoms with E-state index in [0.29, 0.717) is 10.7 Å². The fraction of sp³-hybridized carbons (Fsp3) is 0.0833. The number of carbonyl (C=O) groups is 2. The molecule has 2 aromatic carbocycles. The standard InChI is InChI=1S/C24H17ClN2O4/c1-13-19(16-8-2-3-9-17(16)26-13)21-20(22(28)18-10-5-11-31-18)23(29)24(30)27(21)15-7-4-6-14(25)12-15/h2-12,21,26,29H,1H3. The Balaban J connectivity index is 1.78. The highest BCUT2D eigenvalue weighted by Gasteiger charge is 2.46. The van der Waals surface area contributed by atoms with Gasteiger partial charge < -0.3 is 14.5 Å². The second-order valence-corrected chi connectivity index (χ2v) is 7.77. The molecule has 2 aromatic heterocycles. The number of halogens is 1. The fourth-order valence-corrected chi connectivity index (χ4v) is 4.38. The van der Waals surface area contributed by atoms with Crippen LogP contribution in [0.25, 0.3) is 10.9 Å². The van der Waals surface area contributed by atoms with Crippen molar-refractivity contribution in [3.8, 4) is 0 Å². The quantitative estimate of drug-likeness (QED) is 0.416. The Morgan fingerprint density at radius 3 is 2.68 bits per heavy atom. The van der Waals surface area contributed by atoms with Gasteiger partial charge in [-0.1, -0.05) is 35.9 Å². The smallest absolute Gasteiger partial charge is 0.294 e. The molecule has 0 spiro atoms. The summed E-state index contributed by atoms with van der Waals surface area (Å²) in [4.78, 5) is 31.3. The van der Waals surface area contributed by atoms with Gasteiger partial charge in [0.25, 0.3) is 5.91 Å². The summed E-state index contributed by atoms with van der Waals surface area (Å²) < 4.78 is 5.28. The molecule has 1 aliphatic heterocycles. The van der Waals surface area contributed by atoms with Gasteiger partial charge in [0.15, 0.2) is 11.5 Å². The minimum Gasteiger partial charge on any atom is -0.503 e. The normalized spacial score (nSPS) is 16.5. The third-order valence-electron chi connectivity index (χ3n) is 5.50. The number of anilines is 1. The van der Waals surface area contributed by atoms with E-state index in [9.17, 15) is 14.7 Å². The van der Waals surface area contributed by atoms with Crippen molar-refractivity contribution >= 4 is 39.9 Å². The molecule has 1 amide bonds. The zero-order valence-corrected chi connectivity index (χ0v) is 17.2. The third-order valence-corrected chi connectivity index (χ3v) is 5.74. The molecule has 1 atom stereocenters. The molecule has 0 radical (unpaired) electrons. The molecule has 4 aromatic rings. The summed E-state index contributed by atoms with van der Waals surface area (Å²) in [6.45, 7) is 1.88. The van der Waals surface area contributed by atoms with Crippen LogP contribution in [0.1, 0.15) is 27.9 Å². The Labute approximate surface area is 182 Å². The number of H-pyrrole nitrogens is 1. The first-order valence-corrected chi connectivity index (χ1v) is 10.0. The number of benzene rings is 2. The number of nitrogens with one attached hydrogen (secondary N) is 1. The van der Waals surface area contributed by atoms with Crippen LogP contribution in [0, 0.1) is 6.92 Å². The summed E-state index contributed by atoms with van der Waals surface area (Å²) in [5.41, 5.74) is 2.81. The Bertz CT molecular complexity index is 1370. The average Bonchev–Trinajstić information content (AvgIpc) is 3.45. The molecule has 6 nitrogen and oxygen atoms in total. The molecule has 3 heterocycles. The summed E-state index contributed by atoms with van der Waals surface area (Å²) >= 11 is 6.18. The van der Waals surface area contributed by atoms with Gasteiger partial charge in [-0.05, 0) is 43.3 Å². The van der Waals surface area contributed by atoms with Gasteiger partial charge in [0.2, 0.25) is 5.78 Å². The van der Waals surface area contributed by atoms with Gasteiger partial charge in [0.1, 0.15) is 0 Å². The van der Waals surface area contributed by atoms with Gasteiger partial charge in [0.05, 0.1) is 17.9 Å². The van der Waals surface area contributed by atoms with Crippen molar-refractivity contribution in [3.63, 3.8) is 0 Å². The lowest BCUT2D eigenvalue weighted by Gasteiger charge is -2.27. The van der Waals surface area contributed by atoms with E-state index in [-0.39, 0.29) is 11.3 Å². The number of hydrogen-bond acceptors (Lipinski definition) is 4. The van der Waals surface area contributed by atoms with Gasteiger partial charge in [0, 0.05) is 32.9 Å². The van der Waals surface area contributed by atoms with Crippen molar-refractivity contribution in [1.82, 2.24) is 4.98 Å². The van der Waals surface area contributed by atoms with Crippen LogP contribution < -0.4 is 4.90 Å². The summed E-state index contributed by atoms with van der Waals surface area (Å²) in [5, 5.41) is 12.1. The van der Waals surface area contributed by atoms with Crippen molar-refractivity contribution in [1.29, 1.82) is 0 Å². The number of para-hydroxylation sites is 1. The SMILES string of the molecule is Cc1[nH]c2ccccc2c1C1C(C(=O)c2ccco2)=C(O)C(=O)N1c1cccc(Cl)c1. The van der Waals surface area contributed by atoms with E-state index in [4.69, 9.17) is 16.0 Å². The number of aryl methyl sites for hydroxylation is 1. The zero-order valence-electron chi connectivity index (χ0n) is 16.4. The second-order valence-electron chi connectivity index (χ2n) is 7.34. The maximum Gasteiger partial charge on any atom is 0.294 e. The lowest BCUT2D eigenvalue weighted by Crippen LogP contribution is -2.31. The molecule has 1 unspecified atom stereocenters. The molecule has 154 valence electrons. The molecule has 1 aliphatic rings. The van der Waals surface area contributed by atoms with Crippen LogP contribution in [-0.2, 0) is 4.79 Å². The van der Waals surface area contributed by atoms with Crippen molar-refractivity contribution in [2.75, 3.05) is 4.90 Å². The van der Waals surface area contributed by atoms with E-state index in [1.807, 2.05) is 31.2 Å². The van der Waals surface area contributed by atoms with Gasteiger partial charge in [-0.15, -0.1) is 0 Å². The number of rotatable bonds is 4. The highest BCUT2D eigenvalue weighted by molar-refractivity contribution is 6.31. The topological polar surface area (TPSA) is 86.5 Å². The maximum atomic E-state index is 13.3. The maximum absolute atomic E-state index is 13.3. The number of carbonyl (C=O) groups excluding carboxylic acids is 2. The third kappa shape index (κ3) is 2.95. The van der Waals surface area contributed by atoms with Crippen molar-refractivity contribution in [2.24, 2.45) is 0 Å². The first-order valence-electron chi connectivity index (χ1n) is 9.65. The Kier molecular flexibility index (Phi) is 4.45. The molecule has 7 heteroatoms. The number of aromatic amines is 1. The van der Waals surface area contributed by atoms with Gasteiger partial charge >= 0.3 is 0 Å². The number of aliphatic hydroxyl groups excluding tert-OH is 1. The number of amides is 1. The fourth-order valence-electron chi connectivity index (χ4n) is 4.19. The van der Waals surface area contributed by atoms with Crippen molar-refractivity contribution in [3.05, 3.63) is 100 Å². The van der Waals surface area contributed by atoms with Gasteiger partial charge in [-0.25, -0.2) is 0 Å². The number of aliphatic hydroxyl groups is 1. The first-order chi connectivity index (χ1) is 15.0. The molecule has 0 bridgehead atoms. The predicted octanol–water partition coefficient (Wildman–Crippen LogP) is 5.51. The number of ketones is 1. The Morgan fingerprint density at radius 1 is 1.13 bits per heavy atom. The van der Waals surface area contributed by atoms with Crippen LogP contribution in [0.2, 0.25) is 5.02 Å². The predicted molar refractivity (Wildman–Crippen MR) is 117 cm³/mol. The molecule has 0 saturated heterocycles.